The number of likely N-dealkylation sites (N-methyl/N-ethyl adjacent to an activating group) is 1. The highest BCUT2D eigenvalue weighted by molar-refractivity contribution is 5.33. The first-order valence-electron chi connectivity index (χ1n) is 9.80. The third-order valence-corrected chi connectivity index (χ3v) is 5.85. The van der Waals surface area contributed by atoms with Gasteiger partial charge in [0.1, 0.15) is 5.82 Å². The summed E-state index contributed by atoms with van der Waals surface area (Å²) in [6.07, 6.45) is 2.71. The van der Waals surface area contributed by atoms with Crippen LogP contribution in [-0.2, 0) is 11.8 Å². The first-order chi connectivity index (χ1) is 12.9. The average molecular weight is 367 g/mol. The molecule has 0 aliphatic carbocycles. The second-order valence-corrected chi connectivity index (χ2v) is 7.85. The van der Waals surface area contributed by atoms with Crippen molar-refractivity contribution in [2.75, 3.05) is 13.6 Å². The summed E-state index contributed by atoms with van der Waals surface area (Å²) in [5.41, 5.74) is 1.68. The van der Waals surface area contributed by atoms with Crippen LogP contribution < -0.4 is 0 Å². The molecule has 0 spiro atoms. The van der Waals surface area contributed by atoms with Gasteiger partial charge in [-0.15, -0.1) is 0 Å². The summed E-state index contributed by atoms with van der Waals surface area (Å²) in [6.45, 7) is 7.37. The number of rotatable bonds is 9. The molecule has 0 bridgehead atoms. The number of benzene rings is 2. The van der Waals surface area contributed by atoms with Gasteiger partial charge in [-0.25, -0.2) is 4.39 Å². The van der Waals surface area contributed by atoms with Crippen LogP contribution >= 0.6 is 0 Å². The molecule has 0 saturated carbocycles. The molecule has 0 fully saturated rings. The maximum Gasteiger partial charge on any atom is 0.123 e. The van der Waals surface area contributed by atoms with Crippen LogP contribution in [0, 0.1) is 23.1 Å². The predicted octanol–water partition coefficient (Wildman–Crippen LogP) is 5.59. The smallest absolute Gasteiger partial charge is 0.123 e. The Hall–Kier alpha value is -2.18. The van der Waals surface area contributed by atoms with Crippen molar-refractivity contribution in [1.82, 2.24) is 4.90 Å². The van der Waals surface area contributed by atoms with E-state index in [2.05, 4.69) is 63.1 Å². The minimum atomic E-state index is -0.581. The Kier molecular flexibility index (Phi) is 7.56. The summed E-state index contributed by atoms with van der Waals surface area (Å²) in [4.78, 5) is 2.36. The van der Waals surface area contributed by atoms with Gasteiger partial charge in [-0.2, -0.15) is 5.26 Å². The second kappa shape index (κ2) is 9.67. The quantitative estimate of drug-likeness (QED) is 0.579. The van der Waals surface area contributed by atoms with Crippen molar-refractivity contribution in [1.29, 1.82) is 5.26 Å². The Labute approximate surface area is 163 Å². The summed E-state index contributed by atoms with van der Waals surface area (Å²) >= 11 is 0. The molecule has 2 aromatic rings. The summed E-state index contributed by atoms with van der Waals surface area (Å²) in [5, 5.41) is 10.0. The van der Waals surface area contributed by atoms with Crippen LogP contribution in [0.5, 0.6) is 0 Å². The zero-order chi connectivity index (χ0) is 19.9. The monoisotopic (exact) mass is 366 g/mol. The minimum Gasteiger partial charge on any atom is -0.303 e. The molecule has 0 aromatic heterocycles. The number of hydrogen-bond donors (Lipinski definition) is 0. The lowest BCUT2D eigenvalue weighted by Crippen LogP contribution is -2.36. The highest BCUT2D eigenvalue weighted by Gasteiger charge is 2.36. The molecule has 3 heteroatoms. The summed E-state index contributed by atoms with van der Waals surface area (Å²) in [6, 6.07) is 19.9. The van der Waals surface area contributed by atoms with E-state index in [9.17, 15) is 9.65 Å². The molecule has 0 aliphatic heterocycles. The molecule has 0 radical (unpaired) electrons. The Morgan fingerprint density at radius 1 is 1.04 bits per heavy atom. The standard InChI is InChI=1S/C24H31FN2/c1-19(2)24(18-26,22-10-12-23(25)13-11-22)16-14-20(3)27(4)17-15-21-8-6-5-7-9-21/h5-13,19-20H,14-17H2,1-4H3. The Morgan fingerprint density at radius 2 is 1.67 bits per heavy atom. The van der Waals surface area contributed by atoms with Crippen molar-refractivity contribution in [3.63, 3.8) is 0 Å². The zero-order valence-electron chi connectivity index (χ0n) is 17.0. The summed E-state index contributed by atoms with van der Waals surface area (Å²) < 4.78 is 13.3. The minimum absolute atomic E-state index is 0.162. The van der Waals surface area contributed by atoms with Gasteiger partial charge in [0.2, 0.25) is 0 Å². The van der Waals surface area contributed by atoms with E-state index in [1.54, 1.807) is 12.1 Å². The van der Waals surface area contributed by atoms with E-state index in [-0.39, 0.29) is 11.7 Å². The molecule has 2 atom stereocenters. The van der Waals surface area contributed by atoms with Gasteiger partial charge in [-0.05, 0) is 62.4 Å². The summed E-state index contributed by atoms with van der Waals surface area (Å²) in [7, 11) is 2.15. The molecule has 2 unspecified atom stereocenters. The fraction of sp³-hybridized carbons (Fsp3) is 0.458. The van der Waals surface area contributed by atoms with Crippen molar-refractivity contribution >= 4 is 0 Å². The van der Waals surface area contributed by atoms with Crippen LogP contribution in [0.1, 0.15) is 44.7 Å². The van der Waals surface area contributed by atoms with Crippen molar-refractivity contribution in [3.05, 3.63) is 71.5 Å². The topological polar surface area (TPSA) is 27.0 Å². The molecule has 0 aliphatic rings. The number of nitrogens with zero attached hydrogens (tertiary/aromatic N) is 2. The molecular formula is C24H31FN2. The first-order valence-corrected chi connectivity index (χ1v) is 9.80. The van der Waals surface area contributed by atoms with E-state index >= 15 is 0 Å². The van der Waals surface area contributed by atoms with Gasteiger partial charge in [0.05, 0.1) is 11.5 Å². The van der Waals surface area contributed by atoms with Crippen LogP contribution in [0.2, 0.25) is 0 Å². The van der Waals surface area contributed by atoms with E-state index in [1.807, 2.05) is 6.07 Å². The van der Waals surface area contributed by atoms with Gasteiger partial charge in [-0.1, -0.05) is 56.3 Å². The SMILES string of the molecule is CC(CCC(C#N)(c1ccc(F)cc1)C(C)C)N(C)CCc1ccccc1. The predicted molar refractivity (Wildman–Crippen MR) is 110 cm³/mol. The maximum atomic E-state index is 13.3. The number of hydrogen-bond acceptors (Lipinski definition) is 2. The van der Waals surface area contributed by atoms with E-state index in [0.717, 1.165) is 31.4 Å². The molecule has 2 rings (SSSR count). The molecular weight excluding hydrogens is 335 g/mol. The normalized spacial score (nSPS) is 14.7. The van der Waals surface area contributed by atoms with Crippen LogP contribution in [0.3, 0.4) is 0 Å². The van der Waals surface area contributed by atoms with Crippen molar-refractivity contribution in [2.24, 2.45) is 5.92 Å². The van der Waals surface area contributed by atoms with Crippen molar-refractivity contribution in [3.8, 4) is 6.07 Å². The highest BCUT2D eigenvalue weighted by atomic mass is 19.1. The van der Waals surface area contributed by atoms with Crippen molar-refractivity contribution < 1.29 is 4.39 Å². The Bertz CT molecular complexity index is 733. The fourth-order valence-corrected chi connectivity index (χ4v) is 3.59. The Balaban J connectivity index is 2.01. The lowest BCUT2D eigenvalue weighted by Gasteiger charge is -2.34. The third kappa shape index (κ3) is 5.40. The van der Waals surface area contributed by atoms with Crippen LogP contribution in [0.25, 0.3) is 0 Å². The van der Waals surface area contributed by atoms with E-state index < -0.39 is 5.41 Å². The van der Waals surface area contributed by atoms with Crippen LogP contribution in [-0.4, -0.2) is 24.5 Å². The lowest BCUT2D eigenvalue weighted by atomic mass is 9.69. The molecule has 2 nitrogen and oxygen atoms in total. The van der Waals surface area contributed by atoms with Gasteiger partial charge in [0.25, 0.3) is 0 Å². The average Bonchev–Trinajstić information content (AvgIpc) is 2.68. The fourth-order valence-electron chi connectivity index (χ4n) is 3.59. The lowest BCUT2D eigenvalue weighted by molar-refractivity contribution is 0.225. The maximum absolute atomic E-state index is 13.3. The van der Waals surface area contributed by atoms with Crippen molar-refractivity contribution in [2.45, 2.75) is 51.5 Å². The van der Waals surface area contributed by atoms with Crippen LogP contribution in [0.4, 0.5) is 4.39 Å². The van der Waals surface area contributed by atoms with Gasteiger partial charge in [0.15, 0.2) is 0 Å². The number of halogens is 1. The molecule has 144 valence electrons. The Morgan fingerprint density at radius 3 is 2.22 bits per heavy atom. The molecule has 0 heterocycles. The second-order valence-electron chi connectivity index (χ2n) is 7.85. The molecule has 0 amide bonds. The number of nitriles is 1. The van der Waals surface area contributed by atoms with Gasteiger partial charge in [-0.3, -0.25) is 0 Å². The summed E-state index contributed by atoms with van der Waals surface area (Å²) in [5.74, 6) is -0.0989. The first kappa shape index (κ1) is 21.1. The van der Waals surface area contributed by atoms with E-state index in [0.29, 0.717) is 6.04 Å². The van der Waals surface area contributed by atoms with Gasteiger partial charge >= 0.3 is 0 Å². The molecule has 0 saturated heterocycles. The van der Waals surface area contributed by atoms with E-state index in [4.69, 9.17) is 0 Å². The van der Waals surface area contributed by atoms with Gasteiger partial charge < -0.3 is 4.90 Å². The van der Waals surface area contributed by atoms with Gasteiger partial charge in [0, 0.05) is 12.6 Å². The molecule has 0 N–H and O–H groups in total. The molecule has 27 heavy (non-hydrogen) atoms. The highest BCUT2D eigenvalue weighted by Crippen LogP contribution is 2.37. The molecule has 2 aromatic carbocycles. The zero-order valence-corrected chi connectivity index (χ0v) is 17.0. The van der Waals surface area contributed by atoms with Crippen LogP contribution in [0.15, 0.2) is 54.6 Å². The largest absolute Gasteiger partial charge is 0.303 e. The van der Waals surface area contributed by atoms with E-state index in [1.165, 1.54) is 17.7 Å². The third-order valence-electron chi connectivity index (χ3n) is 5.85.